The zero-order chi connectivity index (χ0) is 9.19. The number of aromatic nitrogens is 1. The third kappa shape index (κ3) is 2.83. The third-order valence-electron chi connectivity index (χ3n) is 1.67. The van der Waals surface area contributed by atoms with Crippen molar-refractivity contribution in [3.8, 4) is 0 Å². The van der Waals surface area contributed by atoms with Gasteiger partial charge < -0.3 is 12.4 Å². The summed E-state index contributed by atoms with van der Waals surface area (Å²) in [6, 6.07) is 3.95. The first kappa shape index (κ1) is 12.1. The largest absolute Gasteiger partial charge is 1.00 e. The Kier molecular flexibility index (Phi) is 4.11. The van der Waals surface area contributed by atoms with Crippen LogP contribution in [0.25, 0.3) is 6.08 Å². The van der Waals surface area contributed by atoms with Crippen molar-refractivity contribution in [2.45, 2.75) is 0 Å². The SMILES string of the molecule is C=Cc1cccnc1[N+](C)(C)C.[Cl-]. The summed E-state index contributed by atoms with van der Waals surface area (Å²) < 4.78 is 0.724. The predicted molar refractivity (Wildman–Crippen MR) is 53.9 cm³/mol. The van der Waals surface area contributed by atoms with E-state index in [1.54, 1.807) is 0 Å². The Morgan fingerprint density at radius 1 is 1.38 bits per heavy atom. The van der Waals surface area contributed by atoms with Crippen LogP contribution in [-0.2, 0) is 0 Å². The summed E-state index contributed by atoms with van der Waals surface area (Å²) in [4.78, 5) is 4.32. The van der Waals surface area contributed by atoms with Crippen LogP contribution in [0, 0.1) is 0 Å². The molecule has 1 aromatic rings. The molecule has 72 valence electrons. The highest BCUT2D eigenvalue weighted by molar-refractivity contribution is 5.60. The summed E-state index contributed by atoms with van der Waals surface area (Å²) in [5.41, 5.74) is 1.10. The van der Waals surface area contributed by atoms with E-state index in [1.165, 1.54) is 0 Å². The van der Waals surface area contributed by atoms with Crippen molar-refractivity contribution in [1.29, 1.82) is 0 Å². The van der Waals surface area contributed by atoms with Crippen LogP contribution in [0.2, 0.25) is 0 Å². The lowest BCUT2D eigenvalue weighted by molar-refractivity contribution is -0.00000279. The first-order chi connectivity index (χ1) is 5.55. The first-order valence-corrected chi connectivity index (χ1v) is 3.95. The molecule has 0 aliphatic rings. The Morgan fingerprint density at radius 2 is 2.00 bits per heavy atom. The van der Waals surface area contributed by atoms with Crippen LogP contribution < -0.4 is 16.9 Å². The van der Waals surface area contributed by atoms with Gasteiger partial charge in [-0.2, -0.15) is 0 Å². The Bertz CT molecular complexity index is 289. The van der Waals surface area contributed by atoms with Gasteiger partial charge in [-0.25, -0.2) is 4.98 Å². The summed E-state index contributed by atoms with van der Waals surface area (Å²) in [5.74, 6) is 1.05. The second-order valence-corrected chi connectivity index (χ2v) is 3.63. The highest BCUT2D eigenvalue weighted by atomic mass is 35.5. The fourth-order valence-corrected chi connectivity index (χ4v) is 1.13. The summed E-state index contributed by atoms with van der Waals surface area (Å²) in [5, 5.41) is 0. The summed E-state index contributed by atoms with van der Waals surface area (Å²) in [6.45, 7) is 3.76. The Morgan fingerprint density at radius 3 is 2.38 bits per heavy atom. The van der Waals surface area contributed by atoms with Crippen LogP contribution in [0.3, 0.4) is 0 Å². The normalized spacial score (nSPS) is 10.4. The van der Waals surface area contributed by atoms with Gasteiger partial charge in [-0.05, 0) is 12.1 Å². The second kappa shape index (κ2) is 4.40. The number of quaternary nitrogens is 1. The Labute approximate surface area is 85.9 Å². The van der Waals surface area contributed by atoms with Crippen LogP contribution in [0.4, 0.5) is 5.82 Å². The van der Waals surface area contributed by atoms with Gasteiger partial charge in [-0.15, -0.1) is 0 Å². The highest BCUT2D eigenvalue weighted by Crippen LogP contribution is 2.19. The monoisotopic (exact) mass is 198 g/mol. The van der Waals surface area contributed by atoms with Gasteiger partial charge in [0.05, 0.1) is 26.7 Å². The molecule has 2 nitrogen and oxygen atoms in total. The molecule has 3 heteroatoms. The maximum Gasteiger partial charge on any atom is 0.234 e. The van der Waals surface area contributed by atoms with Crippen LogP contribution in [-0.4, -0.2) is 26.1 Å². The molecule has 0 aliphatic heterocycles. The fourth-order valence-electron chi connectivity index (χ4n) is 1.13. The molecular weight excluding hydrogens is 184 g/mol. The molecule has 1 aromatic heterocycles. The molecule has 1 rings (SSSR count). The molecule has 0 unspecified atom stereocenters. The van der Waals surface area contributed by atoms with Crippen LogP contribution >= 0.6 is 0 Å². The predicted octanol–water partition coefficient (Wildman–Crippen LogP) is -1.07. The lowest BCUT2D eigenvalue weighted by atomic mass is 10.2. The fraction of sp³-hybridized carbons (Fsp3) is 0.300. The minimum Gasteiger partial charge on any atom is -1.00 e. The van der Waals surface area contributed by atoms with Gasteiger partial charge in [0.1, 0.15) is 0 Å². The standard InChI is InChI=1S/C10H15N2.ClH/c1-5-9-7-6-8-11-10(9)12(2,3)4;/h5-8H,1H2,2-4H3;1H/q+1;/p-1. The maximum absolute atomic E-state index is 4.32. The first-order valence-electron chi connectivity index (χ1n) is 3.95. The average molecular weight is 199 g/mol. The van der Waals surface area contributed by atoms with E-state index in [0.717, 1.165) is 15.9 Å². The van der Waals surface area contributed by atoms with Gasteiger partial charge in [-0.1, -0.05) is 12.7 Å². The van der Waals surface area contributed by atoms with Crippen molar-refractivity contribution >= 4 is 11.9 Å². The van der Waals surface area contributed by atoms with E-state index in [-0.39, 0.29) is 12.4 Å². The van der Waals surface area contributed by atoms with Gasteiger partial charge in [-0.3, -0.25) is 4.48 Å². The minimum atomic E-state index is 0. The van der Waals surface area contributed by atoms with Crippen LogP contribution in [0.15, 0.2) is 24.9 Å². The van der Waals surface area contributed by atoms with E-state index in [0.29, 0.717) is 0 Å². The topological polar surface area (TPSA) is 12.9 Å². The number of halogens is 1. The molecule has 0 spiro atoms. The van der Waals surface area contributed by atoms with E-state index >= 15 is 0 Å². The van der Waals surface area contributed by atoms with Crippen molar-refractivity contribution in [2.75, 3.05) is 21.1 Å². The van der Waals surface area contributed by atoms with Gasteiger partial charge in [0.15, 0.2) is 0 Å². The van der Waals surface area contributed by atoms with E-state index in [2.05, 4.69) is 32.7 Å². The van der Waals surface area contributed by atoms with Crippen LogP contribution in [0.1, 0.15) is 5.56 Å². The Hall–Kier alpha value is -0.860. The number of hydrogen-bond donors (Lipinski definition) is 0. The summed E-state index contributed by atoms with van der Waals surface area (Å²) in [6.07, 6.45) is 3.65. The number of rotatable bonds is 2. The van der Waals surface area contributed by atoms with Crippen molar-refractivity contribution in [3.63, 3.8) is 0 Å². The molecule has 0 saturated heterocycles. The smallest absolute Gasteiger partial charge is 0.234 e. The summed E-state index contributed by atoms with van der Waals surface area (Å²) in [7, 11) is 6.28. The van der Waals surface area contributed by atoms with Crippen molar-refractivity contribution in [3.05, 3.63) is 30.5 Å². The Balaban J connectivity index is 0.00000144. The molecule has 13 heavy (non-hydrogen) atoms. The van der Waals surface area contributed by atoms with Crippen LogP contribution in [0.5, 0.6) is 0 Å². The molecule has 0 saturated carbocycles. The number of pyridine rings is 1. The van der Waals surface area contributed by atoms with Crippen molar-refractivity contribution in [2.24, 2.45) is 0 Å². The minimum absolute atomic E-state index is 0. The molecule has 0 radical (unpaired) electrons. The molecule has 0 aliphatic carbocycles. The highest BCUT2D eigenvalue weighted by Gasteiger charge is 2.16. The molecule has 0 bridgehead atoms. The van der Waals surface area contributed by atoms with Gasteiger partial charge in [0, 0.05) is 6.20 Å². The van der Waals surface area contributed by atoms with E-state index in [9.17, 15) is 0 Å². The average Bonchev–Trinajstić information content (AvgIpc) is 2.03. The molecule has 0 amide bonds. The van der Waals surface area contributed by atoms with Crippen molar-refractivity contribution in [1.82, 2.24) is 9.47 Å². The molecule has 0 aromatic carbocycles. The van der Waals surface area contributed by atoms with E-state index < -0.39 is 0 Å². The molecule has 0 N–H and O–H groups in total. The molecule has 0 atom stereocenters. The zero-order valence-electron chi connectivity index (χ0n) is 8.29. The van der Waals surface area contributed by atoms with Gasteiger partial charge >= 0.3 is 0 Å². The molecule has 0 fully saturated rings. The number of hydrogen-bond acceptors (Lipinski definition) is 1. The van der Waals surface area contributed by atoms with Gasteiger partial charge in [0.2, 0.25) is 5.82 Å². The molecule has 1 heterocycles. The molecular formula is C10H15ClN2. The maximum atomic E-state index is 4.32. The van der Waals surface area contributed by atoms with E-state index in [4.69, 9.17) is 0 Å². The second-order valence-electron chi connectivity index (χ2n) is 3.63. The lowest BCUT2D eigenvalue weighted by Crippen LogP contribution is -3.00. The van der Waals surface area contributed by atoms with Gasteiger partial charge in [0.25, 0.3) is 0 Å². The summed E-state index contributed by atoms with van der Waals surface area (Å²) >= 11 is 0. The zero-order valence-corrected chi connectivity index (χ0v) is 9.04. The lowest BCUT2D eigenvalue weighted by Gasteiger charge is -2.23. The van der Waals surface area contributed by atoms with Crippen molar-refractivity contribution < 1.29 is 12.4 Å². The van der Waals surface area contributed by atoms with E-state index in [1.807, 2.05) is 24.4 Å². The quantitative estimate of drug-likeness (QED) is 0.552. The number of nitrogens with zero attached hydrogens (tertiary/aromatic N) is 2. The third-order valence-corrected chi connectivity index (χ3v) is 1.67.